The number of allylic oxidation sites excluding steroid dienone is 1. The Hall–Kier alpha value is -2.17. The number of carbonyl (C=O) groups is 2. The molecular weight excluding hydrogens is 225 g/mol. The summed E-state index contributed by atoms with van der Waals surface area (Å²) in [4.78, 5) is 22.2. The van der Waals surface area contributed by atoms with Crippen molar-refractivity contribution < 1.29 is 18.7 Å². The molecule has 0 unspecified atom stereocenters. The Morgan fingerprint density at radius 2 is 2.00 bits per heavy atom. The second-order valence-corrected chi connectivity index (χ2v) is 3.16. The molecule has 1 aromatic carbocycles. The van der Waals surface area contributed by atoms with Gasteiger partial charge < -0.3 is 10.1 Å². The van der Waals surface area contributed by atoms with Gasteiger partial charge in [-0.25, -0.2) is 4.39 Å². The zero-order chi connectivity index (χ0) is 12.7. The molecule has 5 heteroatoms. The quantitative estimate of drug-likeness (QED) is 0.476. The van der Waals surface area contributed by atoms with Gasteiger partial charge in [-0.3, -0.25) is 9.59 Å². The van der Waals surface area contributed by atoms with E-state index >= 15 is 0 Å². The number of benzene rings is 1. The standard InChI is InChI=1S/C12H12FNO3/c1-17-12(16)8-14-7-6-11(15)9-2-4-10(13)5-3-9/h2-7,14H,8H2,1H3/b7-6-. The Balaban J connectivity index is 2.46. The van der Waals surface area contributed by atoms with Crippen LogP contribution in [0, 0.1) is 5.82 Å². The smallest absolute Gasteiger partial charge is 0.325 e. The molecule has 0 aliphatic rings. The molecule has 1 N–H and O–H groups in total. The van der Waals surface area contributed by atoms with Crippen LogP contribution in [0.1, 0.15) is 10.4 Å². The van der Waals surface area contributed by atoms with Crippen molar-refractivity contribution in [2.24, 2.45) is 0 Å². The number of nitrogens with one attached hydrogen (secondary N) is 1. The second-order valence-electron chi connectivity index (χ2n) is 3.16. The molecule has 0 heterocycles. The van der Waals surface area contributed by atoms with Gasteiger partial charge in [0.2, 0.25) is 0 Å². The van der Waals surface area contributed by atoms with Crippen LogP contribution in [-0.2, 0) is 9.53 Å². The van der Waals surface area contributed by atoms with E-state index in [1.165, 1.54) is 43.7 Å². The van der Waals surface area contributed by atoms with E-state index in [0.29, 0.717) is 5.56 Å². The van der Waals surface area contributed by atoms with Gasteiger partial charge in [0.15, 0.2) is 5.78 Å². The lowest BCUT2D eigenvalue weighted by atomic mass is 10.1. The van der Waals surface area contributed by atoms with E-state index < -0.39 is 11.8 Å². The average Bonchev–Trinajstić information content (AvgIpc) is 2.34. The van der Waals surface area contributed by atoms with Crippen LogP contribution in [0.5, 0.6) is 0 Å². The van der Waals surface area contributed by atoms with Crippen molar-refractivity contribution >= 4 is 11.8 Å². The number of hydrogen-bond donors (Lipinski definition) is 1. The first kappa shape index (κ1) is 12.9. The largest absolute Gasteiger partial charge is 0.468 e. The first-order valence-electron chi connectivity index (χ1n) is 4.90. The molecule has 0 saturated carbocycles. The molecule has 0 aliphatic carbocycles. The van der Waals surface area contributed by atoms with Gasteiger partial charge in [0.05, 0.1) is 7.11 Å². The highest BCUT2D eigenvalue weighted by molar-refractivity contribution is 6.04. The molecule has 0 amide bonds. The maximum Gasteiger partial charge on any atom is 0.325 e. The van der Waals surface area contributed by atoms with Gasteiger partial charge in [-0.2, -0.15) is 0 Å². The van der Waals surface area contributed by atoms with Gasteiger partial charge in [0.25, 0.3) is 0 Å². The Kier molecular flexibility index (Phi) is 4.87. The average molecular weight is 237 g/mol. The van der Waals surface area contributed by atoms with E-state index in [2.05, 4.69) is 10.1 Å². The molecule has 0 saturated heterocycles. The summed E-state index contributed by atoms with van der Waals surface area (Å²) in [6, 6.07) is 5.20. The van der Waals surface area contributed by atoms with Gasteiger partial charge in [-0.15, -0.1) is 0 Å². The number of ether oxygens (including phenoxy) is 1. The Morgan fingerprint density at radius 3 is 2.59 bits per heavy atom. The Bertz CT molecular complexity index is 426. The fourth-order valence-electron chi connectivity index (χ4n) is 1.06. The summed E-state index contributed by atoms with van der Waals surface area (Å²) in [6.45, 7) is -0.0102. The highest BCUT2D eigenvalue weighted by atomic mass is 19.1. The zero-order valence-corrected chi connectivity index (χ0v) is 9.27. The first-order valence-corrected chi connectivity index (χ1v) is 4.90. The van der Waals surface area contributed by atoms with E-state index in [-0.39, 0.29) is 12.3 Å². The van der Waals surface area contributed by atoms with Crippen molar-refractivity contribution in [2.45, 2.75) is 0 Å². The van der Waals surface area contributed by atoms with Crippen molar-refractivity contribution in [3.8, 4) is 0 Å². The summed E-state index contributed by atoms with van der Waals surface area (Å²) >= 11 is 0. The predicted octanol–water partition coefficient (Wildman–Crippen LogP) is 1.28. The lowest BCUT2D eigenvalue weighted by Crippen LogP contribution is -2.19. The highest BCUT2D eigenvalue weighted by Gasteiger charge is 2.01. The van der Waals surface area contributed by atoms with E-state index in [1.807, 2.05) is 0 Å². The van der Waals surface area contributed by atoms with E-state index in [4.69, 9.17) is 0 Å². The minimum atomic E-state index is -0.427. The Labute approximate surface area is 98.1 Å². The third-order valence-corrected chi connectivity index (χ3v) is 1.96. The fourth-order valence-corrected chi connectivity index (χ4v) is 1.06. The highest BCUT2D eigenvalue weighted by Crippen LogP contribution is 2.03. The van der Waals surface area contributed by atoms with Gasteiger partial charge in [0.1, 0.15) is 12.4 Å². The third-order valence-electron chi connectivity index (χ3n) is 1.96. The van der Waals surface area contributed by atoms with E-state index in [1.54, 1.807) is 0 Å². The van der Waals surface area contributed by atoms with Crippen molar-refractivity contribution in [1.82, 2.24) is 5.32 Å². The lowest BCUT2D eigenvalue weighted by Gasteiger charge is -1.98. The van der Waals surface area contributed by atoms with E-state index in [9.17, 15) is 14.0 Å². The molecule has 0 spiro atoms. The molecule has 1 aromatic rings. The van der Waals surface area contributed by atoms with Crippen LogP contribution in [-0.4, -0.2) is 25.4 Å². The fraction of sp³-hybridized carbons (Fsp3) is 0.167. The molecular formula is C12H12FNO3. The molecule has 1 rings (SSSR count). The third kappa shape index (κ3) is 4.46. The topological polar surface area (TPSA) is 55.4 Å². The number of hydrogen-bond acceptors (Lipinski definition) is 4. The SMILES string of the molecule is COC(=O)CN/C=C\C(=O)c1ccc(F)cc1. The first-order chi connectivity index (χ1) is 8.13. The summed E-state index contributed by atoms with van der Waals surface area (Å²) in [5.41, 5.74) is 0.377. The van der Waals surface area contributed by atoms with Crippen LogP contribution >= 0.6 is 0 Å². The maximum atomic E-state index is 12.6. The minimum absolute atomic E-state index is 0.0102. The molecule has 0 radical (unpaired) electrons. The summed E-state index contributed by atoms with van der Waals surface area (Å²) in [6.07, 6.45) is 2.61. The van der Waals surface area contributed by atoms with Crippen LogP contribution in [0.3, 0.4) is 0 Å². The van der Waals surface area contributed by atoms with Crippen LogP contribution in [0.15, 0.2) is 36.5 Å². The molecule has 4 nitrogen and oxygen atoms in total. The number of carbonyl (C=O) groups excluding carboxylic acids is 2. The molecule has 90 valence electrons. The second kappa shape index (κ2) is 6.42. The van der Waals surface area contributed by atoms with Crippen molar-refractivity contribution in [2.75, 3.05) is 13.7 Å². The minimum Gasteiger partial charge on any atom is -0.468 e. The Morgan fingerprint density at radius 1 is 1.35 bits per heavy atom. The maximum absolute atomic E-state index is 12.6. The van der Waals surface area contributed by atoms with Gasteiger partial charge in [-0.05, 0) is 24.3 Å². The van der Waals surface area contributed by atoms with E-state index in [0.717, 1.165) is 0 Å². The van der Waals surface area contributed by atoms with Crippen molar-refractivity contribution in [1.29, 1.82) is 0 Å². The number of halogens is 1. The van der Waals surface area contributed by atoms with Crippen LogP contribution in [0.4, 0.5) is 4.39 Å². The predicted molar refractivity (Wildman–Crippen MR) is 59.9 cm³/mol. The van der Waals surface area contributed by atoms with Crippen LogP contribution < -0.4 is 5.32 Å². The lowest BCUT2D eigenvalue weighted by molar-refractivity contribution is -0.139. The molecule has 0 aromatic heterocycles. The van der Waals surface area contributed by atoms with Gasteiger partial charge in [-0.1, -0.05) is 0 Å². The van der Waals surface area contributed by atoms with Crippen molar-refractivity contribution in [3.05, 3.63) is 47.9 Å². The van der Waals surface area contributed by atoms with Gasteiger partial charge in [0, 0.05) is 17.8 Å². The summed E-state index contributed by atoms with van der Waals surface area (Å²) in [7, 11) is 1.28. The molecule has 0 fully saturated rings. The van der Waals surface area contributed by atoms with Crippen LogP contribution in [0.2, 0.25) is 0 Å². The number of esters is 1. The summed E-state index contributed by atoms with van der Waals surface area (Å²) in [5.74, 6) is -1.10. The van der Waals surface area contributed by atoms with Gasteiger partial charge >= 0.3 is 5.97 Å². The normalized spacial score (nSPS) is 10.2. The number of ketones is 1. The number of rotatable bonds is 5. The molecule has 0 bridgehead atoms. The number of methoxy groups -OCH3 is 1. The van der Waals surface area contributed by atoms with Crippen LogP contribution in [0.25, 0.3) is 0 Å². The zero-order valence-electron chi connectivity index (χ0n) is 9.27. The van der Waals surface area contributed by atoms with Crippen molar-refractivity contribution in [3.63, 3.8) is 0 Å². The molecule has 17 heavy (non-hydrogen) atoms. The molecule has 0 aliphatic heterocycles. The summed E-state index contributed by atoms with van der Waals surface area (Å²) in [5, 5.41) is 2.60. The summed E-state index contributed by atoms with van der Waals surface area (Å²) < 4.78 is 17.0. The molecule has 0 atom stereocenters. The monoisotopic (exact) mass is 237 g/mol.